The Morgan fingerprint density at radius 2 is 1.54 bits per heavy atom. The van der Waals surface area contributed by atoms with Gasteiger partial charge >= 0.3 is 83.7 Å². The Morgan fingerprint density at radius 1 is 0.846 bits per heavy atom. The summed E-state index contributed by atoms with van der Waals surface area (Å²) in [4.78, 5) is 0. The fraction of sp³-hybridized carbons (Fsp3) is 0.167. The van der Waals surface area contributed by atoms with Gasteiger partial charge in [-0.05, 0) is 0 Å². The van der Waals surface area contributed by atoms with Crippen LogP contribution in [-0.4, -0.2) is 14.7 Å². The zero-order valence-corrected chi connectivity index (χ0v) is 9.87. The van der Waals surface area contributed by atoms with Gasteiger partial charge < -0.3 is 0 Å². The van der Waals surface area contributed by atoms with E-state index in [1.54, 1.807) is 4.35 Å². The third-order valence-electron chi connectivity index (χ3n) is 2.25. The number of hydrogen-bond acceptors (Lipinski definition) is 0. The summed E-state index contributed by atoms with van der Waals surface area (Å²) in [6.45, 7) is 0. The fourth-order valence-electron chi connectivity index (χ4n) is 1.45. The molecule has 0 saturated heterocycles. The van der Waals surface area contributed by atoms with Gasteiger partial charge in [0.2, 0.25) is 0 Å². The summed E-state index contributed by atoms with van der Waals surface area (Å²) in [6.07, 6.45) is 0. The van der Waals surface area contributed by atoms with Gasteiger partial charge in [-0.3, -0.25) is 0 Å². The zero-order chi connectivity index (χ0) is 9.26. The minimum atomic E-state index is -0.699. The molecule has 0 bridgehead atoms. The van der Waals surface area contributed by atoms with E-state index < -0.39 is 14.7 Å². The molecule has 0 nitrogen and oxygen atoms in total. The SMILES string of the molecule is C[As](C)c1ccc2ccccc2c1. The second kappa shape index (κ2) is 3.55. The summed E-state index contributed by atoms with van der Waals surface area (Å²) < 4.78 is 1.56. The predicted molar refractivity (Wildman–Crippen MR) is 61.1 cm³/mol. The third kappa shape index (κ3) is 1.78. The maximum absolute atomic E-state index is 2.37. The summed E-state index contributed by atoms with van der Waals surface area (Å²) in [6, 6.07) is 15.4. The molecule has 0 unspecified atom stereocenters. The van der Waals surface area contributed by atoms with Crippen molar-refractivity contribution < 1.29 is 0 Å². The van der Waals surface area contributed by atoms with Gasteiger partial charge in [0, 0.05) is 0 Å². The van der Waals surface area contributed by atoms with Crippen molar-refractivity contribution in [3.63, 3.8) is 0 Å². The normalized spacial score (nSPS) is 11.0. The summed E-state index contributed by atoms with van der Waals surface area (Å²) in [5.41, 5.74) is 4.74. The Labute approximate surface area is 83.8 Å². The van der Waals surface area contributed by atoms with E-state index in [9.17, 15) is 0 Å². The molecule has 0 amide bonds. The summed E-state index contributed by atoms with van der Waals surface area (Å²) in [5.74, 6) is 0. The molecule has 0 spiro atoms. The summed E-state index contributed by atoms with van der Waals surface area (Å²) in [7, 11) is 0. The van der Waals surface area contributed by atoms with Gasteiger partial charge in [-0.1, -0.05) is 0 Å². The van der Waals surface area contributed by atoms with Crippen molar-refractivity contribution in [1.29, 1.82) is 0 Å². The van der Waals surface area contributed by atoms with Crippen molar-refractivity contribution >= 4 is 29.8 Å². The Bertz CT molecular complexity index is 418. The molecule has 0 saturated carbocycles. The Balaban J connectivity index is 2.62. The molecular weight excluding hydrogens is 219 g/mol. The van der Waals surface area contributed by atoms with E-state index in [1.807, 2.05) is 0 Å². The predicted octanol–water partition coefficient (Wildman–Crippen LogP) is 2.80. The van der Waals surface area contributed by atoms with Gasteiger partial charge in [-0.25, -0.2) is 0 Å². The Hall–Kier alpha value is -0.742. The van der Waals surface area contributed by atoms with Gasteiger partial charge in [0.1, 0.15) is 0 Å². The number of hydrogen-bond donors (Lipinski definition) is 0. The summed E-state index contributed by atoms with van der Waals surface area (Å²) in [5, 5.41) is 2.73. The Morgan fingerprint density at radius 3 is 2.23 bits per heavy atom. The van der Waals surface area contributed by atoms with Gasteiger partial charge in [0.25, 0.3) is 0 Å². The fourth-order valence-corrected chi connectivity index (χ4v) is 3.07. The standard InChI is InChI=1S/C12H13As/c1-13(2)12-8-7-10-5-3-4-6-11(10)9-12/h3-9H,1-2H3. The maximum atomic E-state index is 2.37. The first-order valence-corrected chi connectivity index (χ1v) is 9.12. The molecule has 2 rings (SSSR count). The molecule has 0 aromatic heterocycles. The molecule has 2 aromatic carbocycles. The van der Waals surface area contributed by atoms with Crippen LogP contribution in [0.1, 0.15) is 0 Å². The van der Waals surface area contributed by atoms with Crippen LogP contribution in [0.5, 0.6) is 0 Å². The second-order valence-corrected chi connectivity index (χ2v) is 8.26. The van der Waals surface area contributed by atoms with Crippen LogP contribution in [0.2, 0.25) is 11.4 Å². The third-order valence-corrected chi connectivity index (χ3v) is 5.00. The molecule has 0 radical (unpaired) electrons. The molecule has 0 N–H and O–H groups in total. The van der Waals surface area contributed by atoms with Crippen molar-refractivity contribution in [2.24, 2.45) is 0 Å². The van der Waals surface area contributed by atoms with Crippen LogP contribution in [0.25, 0.3) is 10.8 Å². The average Bonchev–Trinajstić information content (AvgIpc) is 2.17. The van der Waals surface area contributed by atoms with Crippen LogP contribution in [0.3, 0.4) is 0 Å². The molecule has 0 heterocycles. The number of rotatable bonds is 1. The molecule has 0 fully saturated rings. The van der Waals surface area contributed by atoms with Crippen LogP contribution in [0.15, 0.2) is 42.5 Å². The van der Waals surface area contributed by atoms with E-state index in [2.05, 4.69) is 53.9 Å². The van der Waals surface area contributed by atoms with Crippen molar-refractivity contribution in [2.75, 3.05) is 0 Å². The van der Waals surface area contributed by atoms with Crippen LogP contribution >= 0.6 is 0 Å². The molecule has 2 aromatic rings. The monoisotopic (exact) mass is 232 g/mol. The van der Waals surface area contributed by atoms with E-state index in [-0.39, 0.29) is 0 Å². The first-order chi connectivity index (χ1) is 6.27. The number of fused-ring (bicyclic) bond motifs is 1. The molecule has 1 heteroatoms. The van der Waals surface area contributed by atoms with E-state index >= 15 is 0 Å². The van der Waals surface area contributed by atoms with Crippen LogP contribution < -0.4 is 4.35 Å². The van der Waals surface area contributed by atoms with Crippen molar-refractivity contribution in [3.8, 4) is 0 Å². The van der Waals surface area contributed by atoms with Gasteiger partial charge in [0.15, 0.2) is 0 Å². The topological polar surface area (TPSA) is 0 Å². The molecule has 0 atom stereocenters. The first kappa shape index (κ1) is 8.84. The Kier molecular flexibility index (Phi) is 2.42. The minimum absolute atomic E-state index is 0.699. The molecule has 13 heavy (non-hydrogen) atoms. The van der Waals surface area contributed by atoms with E-state index in [4.69, 9.17) is 0 Å². The molecule has 66 valence electrons. The molecular formula is C12H13As. The second-order valence-electron chi connectivity index (χ2n) is 3.43. The van der Waals surface area contributed by atoms with E-state index in [0.29, 0.717) is 0 Å². The van der Waals surface area contributed by atoms with E-state index in [0.717, 1.165) is 0 Å². The molecule has 0 aliphatic rings. The zero-order valence-electron chi connectivity index (χ0n) is 7.99. The van der Waals surface area contributed by atoms with Gasteiger partial charge in [0.05, 0.1) is 0 Å². The van der Waals surface area contributed by atoms with E-state index in [1.165, 1.54) is 10.8 Å². The van der Waals surface area contributed by atoms with Crippen molar-refractivity contribution in [2.45, 2.75) is 11.4 Å². The van der Waals surface area contributed by atoms with Crippen LogP contribution in [0, 0.1) is 0 Å². The van der Waals surface area contributed by atoms with Gasteiger partial charge in [-0.2, -0.15) is 0 Å². The van der Waals surface area contributed by atoms with Crippen molar-refractivity contribution in [1.82, 2.24) is 0 Å². The quantitative estimate of drug-likeness (QED) is 0.663. The summed E-state index contributed by atoms with van der Waals surface area (Å²) >= 11 is -0.699. The average molecular weight is 232 g/mol. The van der Waals surface area contributed by atoms with Crippen LogP contribution in [0.4, 0.5) is 0 Å². The first-order valence-electron chi connectivity index (χ1n) is 4.43. The van der Waals surface area contributed by atoms with Crippen LogP contribution in [-0.2, 0) is 0 Å². The number of benzene rings is 2. The molecule has 0 aliphatic heterocycles. The molecule has 0 aliphatic carbocycles. The van der Waals surface area contributed by atoms with Gasteiger partial charge in [-0.15, -0.1) is 0 Å². The van der Waals surface area contributed by atoms with Crippen molar-refractivity contribution in [3.05, 3.63) is 42.5 Å².